The Morgan fingerprint density at radius 1 is 1.53 bits per heavy atom. The van der Waals surface area contributed by atoms with Crippen molar-refractivity contribution in [1.82, 2.24) is 15.6 Å². The van der Waals surface area contributed by atoms with Crippen LogP contribution in [0.3, 0.4) is 0 Å². The van der Waals surface area contributed by atoms with Gasteiger partial charge in [0.25, 0.3) is 0 Å². The Labute approximate surface area is 114 Å². The topological polar surface area (TPSA) is 112 Å². The fraction of sp³-hybridized carbons (Fsp3) is 0.545. The molecule has 2 amide bonds. The van der Waals surface area contributed by atoms with E-state index in [0.717, 1.165) is 10.7 Å². The Kier molecular flexibility index (Phi) is 6.23. The van der Waals surface area contributed by atoms with E-state index in [1.165, 1.54) is 11.3 Å². The second-order valence-corrected chi connectivity index (χ2v) is 4.88. The maximum Gasteiger partial charge on any atom is 0.326 e. The van der Waals surface area contributed by atoms with Gasteiger partial charge in [-0.2, -0.15) is 0 Å². The van der Waals surface area contributed by atoms with Crippen molar-refractivity contribution in [2.75, 3.05) is 13.2 Å². The van der Waals surface area contributed by atoms with E-state index in [0.29, 0.717) is 13.0 Å². The average molecular weight is 287 g/mol. The number of amides is 2. The van der Waals surface area contributed by atoms with Crippen LogP contribution >= 0.6 is 11.3 Å². The normalized spacial score (nSPS) is 11.9. The van der Waals surface area contributed by atoms with Crippen molar-refractivity contribution in [1.29, 1.82) is 0 Å². The number of aryl methyl sites for hydroxylation is 1. The zero-order chi connectivity index (χ0) is 14.3. The quantitative estimate of drug-likeness (QED) is 0.569. The number of carboxylic acids is 1. The number of thiazole rings is 1. The first-order chi connectivity index (χ1) is 9.02. The van der Waals surface area contributed by atoms with Crippen molar-refractivity contribution in [2.45, 2.75) is 25.8 Å². The third-order valence-corrected chi connectivity index (χ3v) is 3.34. The van der Waals surface area contributed by atoms with E-state index in [2.05, 4.69) is 15.6 Å². The summed E-state index contributed by atoms with van der Waals surface area (Å²) in [6.07, 6.45) is 0.581. The highest BCUT2D eigenvalue weighted by atomic mass is 32.1. The third-order valence-electron chi connectivity index (χ3n) is 2.31. The number of carbonyl (C=O) groups excluding carboxylic acids is 1. The Hall–Kier alpha value is -1.67. The van der Waals surface area contributed by atoms with Crippen LogP contribution < -0.4 is 10.6 Å². The molecule has 1 rings (SSSR count). The SMILES string of the molecule is Cc1csc(CCNC(=O)NC(CCO)C(=O)O)n1. The number of rotatable bonds is 7. The van der Waals surface area contributed by atoms with Crippen molar-refractivity contribution in [3.05, 3.63) is 16.1 Å². The standard InChI is InChI=1S/C11H17N3O4S/c1-7-6-19-9(13-7)2-4-12-11(18)14-8(3-5-15)10(16)17/h6,8,15H,2-5H2,1H3,(H,16,17)(H2,12,14,18). The van der Waals surface area contributed by atoms with Crippen LogP contribution in [0.25, 0.3) is 0 Å². The molecule has 1 aromatic heterocycles. The Balaban J connectivity index is 2.28. The van der Waals surface area contributed by atoms with Gasteiger partial charge in [0.1, 0.15) is 6.04 Å². The van der Waals surface area contributed by atoms with E-state index in [-0.39, 0.29) is 13.0 Å². The predicted octanol–water partition coefficient (Wildman–Crippen LogP) is 0.129. The van der Waals surface area contributed by atoms with Gasteiger partial charge in [0, 0.05) is 37.1 Å². The molecule has 0 aliphatic heterocycles. The molecule has 0 aliphatic rings. The predicted molar refractivity (Wildman–Crippen MR) is 70.2 cm³/mol. The lowest BCUT2D eigenvalue weighted by Crippen LogP contribution is -2.46. The summed E-state index contributed by atoms with van der Waals surface area (Å²) in [4.78, 5) is 26.5. The second-order valence-electron chi connectivity index (χ2n) is 3.94. The first kappa shape index (κ1) is 15.4. The summed E-state index contributed by atoms with van der Waals surface area (Å²) < 4.78 is 0. The van der Waals surface area contributed by atoms with Crippen LogP contribution in [-0.4, -0.2) is 46.4 Å². The number of urea groups is 1. The molecule has 106 valence electrons. The minimum atomic E-state index is -1.17. The first-order valence-corrected chi connectivity index (χ1v) is 6.70. The smallest absolute Gasteiger partial charge is 0.326 e. The molecule has 0 spiro atoms. The highest BCUT2D eigenvalue weighted by molar-refractivity contribution is 7.09. The van der Waals surface area contributed by atoms with E-state index in [4.69, 9.17) is 10.2 Å². The van der Waals surface area contributed by atoms with Gasteiger partial charge in [-0.05, 0) is 6.92 Å². The molecule has 0 aromatic carbocycles. The van der Waals surface area contributed by atoms with Gasteiger partial charge in [0.15, 0.2) is 0 Å². The Morgan fingerprint density at radius 2 is 2.26 bits per heavy atom. The number of carbonyl (C=O) groups is 2. The van der Waals surface area contributed by atoms with Gasteiger partial charge in [-0.1, -0.05) is 0 Å². The molecular weight excluding hydrogens is 270 g/mol. The number of nitrogens with zero attached hydrogens (tertiary/aromatic N) is 1. The fourth-order valence-corrected chi connectivity index (χ4v) is 2.17. The molecule has 1 unspecified atom stereocenters. The molecule has 1 atom stereocenters. The molecule has 1 aromatic rings. The number of carboxylic acid groups (broad SMARTS) is 1. The summed E-state index contributed by atoms with van der Waals surface area (Å²) in [5, 5.41) is 25.2. The molecular formula is C11H17N3O4S. The lowest BCUT2D eigenvalue weighted by Gasteiger charge is -2.13. The van der Waals surface area contributed by atoms with Crippen LogP contribution in [0.5, 0.6) is 0 Å². The molecule has 4 N–H and O–H groups in total. The average Bonchev–Trinajstić information content (AvgIpc) is 2.74. The number of aromatic nitrogens is 1. The fourth-order valence-electron chi connectivity index (χ4n) is 1.40. The zero-order valence-corrected chi connectivity index (χ0v) is 11.4. The number of nitrogens with one attached hydrogen (secondary N) is 2. The Morgan fingerprint density at radius 3 is 2.79 bits per heavy atom. The summed E-state index contributed by atoms with van der Waals surface area (Å²) >= 11 is 1.52. The van der Waals surface area contributed by atoms with Crippen molar-refractivity contribution in [2.24, 2.45) is 0 Å². The maximum absolute atomic E-state index is 11.4. The van der Waals surface area contributed by atoms with Gasteiger partial charge in [-0.25, -0.2) is 14.6 Å². The van der Waals surface area contributed by atoms with Crippen LogP contribution in [-0.2, 0) is 11.2 Å². The van der Waals surface area contributed by atoms with Crippen molar-refractivity contribution in [3.63, 3.8) is 0 Å². The Bertz CT molecular complexity index is 435. The largest absolute Gasteiger partial charge is 0.480 e. The molecule has 0 aliphatic carbocycles. The highest BCUT2D eigenvalue weighted by Crippen LogP contribution is 2.08. The van der Waals surface area contributed by atoms with E-state index in [1.54, 1.807) is 0 Å². The summed E-state index contributed by atoms with van der Waals surface area (Å²) in [6.45, 7) is 1.98. The van der Waals surface area contributed by atoms with Crippen molar-refractivity contribution in [3.8, 4) is 0 Å². The van der Waals surface area contributed by atoms with Crippen LogP contribution in [0.1, 0.15) is 17.1 Å². The van der Waals surface area contributed by atoms with E-state index >= 15 is 0 Å². The molecule has 1 heterocycles. The summed E-state index contributed by atoms with van der Waals surface area (Å²) in [6, 6.07) is -1.64. The summed E-state index contributed by atoms with van der Waals surface area (Å²) in [7, 11) is 0. The maximum atomic E-state index is 11.4. The van der Waals surface area contributed by atoms with Gasteiger partial charge in [0.2, 0.25) is 0 Å². The number of aliphatic hydroxyl groups excluding tert-OH is 1. The third kappa shape index (κ3) is 5.66. The molecule has 0 saturated carbocycles. The van der Waals surface area contributed by atoms with Gasteiger partial charge in [0.05, 0.1) is 5.01 Å². The van der Waals surface area contributed by atoms with Crippen LogP contribution in [0, 0.1) is 6.92 Å². The van der Waals surface area contributed by atoms with E-state index in [1.807, 2.05) is 12.3 Å². The lowest BCUT2D eigenvalue weighted by atomic mass is 10.2. The molecule has 0 fully saturated rings. The molecule has 0 radical (unpaired) electrons. The van der Waals surface area contributed by atoms with Crippen LogP contribution in [0.15, 0.2) is 5.38 Å². The second kappa shape index (κ2) is 7.70. The number of hydrogen-bond donors (Lipinski definition) is 4. The first-order valence-electron chi connectivity index (χ1n) is 5.82. The minimum Gasteiger partial charge on any atom is -0.480 e. The number of hydrogen-bond acceptors (Lipinski definition) is 5. The number of aliphatic carboxylic acids is 1. The molecule has 19 heavy (non-hydrogen) atoms. The van der Waals surface area contributed by atoms with Gasteiger partial charge < -0.3 is 20.8 Å². The molecule has 0 saturated heterocycles. The lowest BCUT2D eigenvalue weighted by molar-refractivity contribution is -0.139. The van der Waals surface area contributed by atoms with Crippen LogP contribution in [0.2, 0.25) is 0 Å². The van der Waals surface area contributed by atoms with Gasteiger partial charge in [-0.15, -0.1) is 11.3 Å². The van der Waals surface area contributed by atoms with E-state index in [9.17, 15) is 9.59 Å². The minimum absolute atomic E-state index is 0.0194. The van der Waals surface area contributed by atoms with Gasteiger partial charge >= 0.3 is 12.0 Å². The zero-order valence-electron chi connectivity index (χ0n) is 10.5. The van der Waals surface area contributed by atoms with Crippen LogP contribution in [0.4, 0.5) is 4.79 Å². The van der Waals surface area contributed by atoms with E-state index < -0.39 is 18.0 Å². The summed E-state index contributed by atoms with van der Waals surface area (Å²) in [5.74, 6) is -1.17. The monoisotopic (exact) mass is 287 g/mol. The van der Waals surface area contributed by atoms with Crippen molar-refractivity contribution >= 4 is 23.3 Å². The molecule has 7 nitrogen and oxygen atoms in total. The van der Waals surface area contributed by atoms with Crippen molar-refractivity contribution < 1.29 is 19.8 Å². The van der Waals surface area contributed by atoms with Gasteiger partial charge in [-0.3, -0.25) is 0 Å². The summed E-state index contributed by atoms with van der Waals surface area (Å²) in [5.41, 5.74) is 0.943. The molecule has 0 bridgehead atoms. The number of aliphatic hydroxyl groups is 1. The molecule has 8 heteroatoms. The highest BCUT2D eigenvalue weighted by Gasteiger charge is 2.18.